The summed E-state index contributed by atoms with van der Waals surface area (Å²) in [5, 5.41) is 2.47. The first-order chi connectivity index (χ1) is 6.63. The Labute approximate surface area is 89.8 Å². The fourth-order valence-electron chi connectivity index (χ4n) is 0.827. The van der Waals surface area contributed by atoms with Crippen LogP contribution in [0.1, 0.15) is 6.92 Å². The first-order valence-electron chi connectivity index (χ1n) is 3.98. The van der Waals surface area contributed by atoms with Crippen molar-refractivity contribution in [3.63, 3.8) is 0 Å². The van der Waals surface area contributed by atoms with Gasteiger partial charge in [-0.2, -0.15) is 0 Å². The van der Waals surface area contributed by atoms with Crippen LogP contribution in [0.3, 0.4) is 0 Å². The lowest BCUT2D eigenvalue weighted by Crippen LogP contribution is -2.14. The maximum atomic E-state index is 11.0. The normalized spacial score (nSPS) is 9.57. The number of pyridine rings is 1. The highest BCUT2D eigenvalue weighted by molar-refractivity contribution is 9.10. The van der Waals surface area contributed by atoms with Gasteiger partial charge in [-0.1, -0.05) is 0 Å². The fraction of sp³-hybridized carbons (Fsp3) is 0.250. The third-order valence-corrected chi connectivity index (χ3v) is 1.83. The van der Waals surface area contributed by atoms with Crippen LogP contribution in [0.5, 0.6) is 0 Å². The Morgan fingerprint density at radius 2 is 2.50 bits per heavy atom. The van der Waals surface area contributed by atoms with E-state index in [0.29, 0.717) is 12.3 Å². The molecule has 0 bridgehead atoms. The highest BCUT2D eigenvalue weighted by Gasteiger charge is 2.06. The molecule has 76 valence electrons. The quantitative estimate of drug-likeness (QED) is 0.852. The van der Waals surface area contributed by atoms with E-state index >= 15 is 0 Å². The van der Waals surface area contributed by atoms with Crippen molar-refractivity contribution in [1.82, 2.24) is 4.98 Å². The van der Waals surface area contributed by atoms with Gasteiger partial charge in [-0.3, -0.25) is 5.32 Å². The second kappa shape index (κ2) is 4.80. The molecule has 0 aromatic carbocycles. The molecular formula is C8H10BrN3O2. The van der Waals surface area contributed by atoms with Gasteiger partial charge >= 0.3 is 6.09 Å². The molecular weight excluding hydrogens is 250 g/mol. The third-order valence-electron chi connectivity index (χ3n) is 1.40. The summed E-state index contributed by atoms with van der Waals surface area (Å²) in [5.41, 5.74) is 5.96. The van der Waals surface area contributed by atoms with Gasteiger partial charge in [0.1, 0.15) is 5.82 Å². The number of nitrogens with zero attached hydrogens (tertiary/aromatic N) is 1. The Balaban J connectivity index is 2.75. The summed E-state index contributed by atoms with van der Waals surface area (Å²) in [4.78, 5) is 14.9. The number of halogens is 1. The second-order valence-corrected chi connectivity index (χ2v) is 3.35. The van der Waals surface area contributed by atoms with Crippen LogP contribution in [-0.4, -0.2) is 17.7 Å². The summed E-state index contributed by atoms with van der Waals surface area (Å²) < 4.78 is 5.43. The van der Waals surface area contributed by atoms with Crippen LogP contribution >= 0.6 is 15.9 Å². The smallest absolute Gasteiger partial charge is 0.411 e. The number of rotatable bonds is 2. The molecule has 1 heterocycles. The van der Waals surface area contributed by atoms with Gasteiger partial charge in [0.25, 0.3) is 0 Å². The first-order valence-corrected chi connectivity index (χ1v) is 4.77. The minimum Gasteiger partial charge on any atom is -0.450 e. The predicted molar refractivity (Wildman–Crippen MR) is 57.0 cm³/mol. The number of nitrogens with one attached hydrogen (secondary N) is 1. The molecule has 5 nitrogen and oxygen atoms in total. The van der Waals surface area contributed by atoms with Crippen molar-refractivity contribution < 1.29 is 9.53 Å². The molecule has 0 saturated heterocycles. The summed E-state index contributed by atoms with van der Waals surface area (Å²) in [6.45, 7) is 2.04. The van der Waals surface area contributed by atoms with Gasteiger partial charge in [-0.05, 0) is 28.9 Å². The van der Waals surface area contributed by atoms with Gasteiger partial charge in [0, 0.05) is 10.7 Å². The summed E-state index contributed by atoms with van der Waals surface area (Å²) >= 11 is 3.22. The van der Waals surface area contributed by atoms with E-state index in [-0.39, 0.29) is 5.82 Å². The number of anilines is 2. The van der Waals surface area contributed by atoms with E-state index < -0.39 is 6.09 Å². The van der Waals surface area contributed by atoms with Crippen molar-refractivity contribution in [3.8, 4) is 0 Å². The Kier molecular flexibility index (Phi) is 3.70. The molecule has 1 aromatic rings. The van der Waals surface area contributed by atoms with Gasteiger partial charge < -0.3 is 10.5 Å². The van der Waals surface area contributed by atoms with Gasteiger partial charge in [0.15, 0.2) is 0 Å². The van der Waals surface area contributed by atoms with Gasteiger partial charge in [-0.15, -0.1) is 0 Å². The van der Waals surface area contributed by atoms with E-state index in [2.05, 4.69) is 26.2 Å². The van der Waals surface area contributed by atoms with Crippen molar-refractivity contribution in [3.05, 3.63) is 16.7 Å². The monoisotopic (exact) mass is 259 g/mol. The number of hydrogen-bond donors (Lipinski definition) is 2. The zero-order valence-electron chi connectivity index (χ0n) is 7.58. The molecule has 6 heteroatoms. The molecule has 0 aliphatic carbocycles. The number of nitrogen functional groups attached to an aromatic ring is 1. The maximum Gasteiger partial charge on any atom is 0.411 e. The molecule has 3 N–H and O–H groups in total. The molecule has 0 saturated carbocycles. The lowest BCUT2D eigenvalue weighted by atomic mass is 10.4. The highest BCUT2D eigenvalue weighted by Crippen LogP contribution is 2.20. The largest absolute Gasteiger partial charge is 0.450 e. The molecule has 0 atom stereocenters. The average Bonchev–Trinajstić information content (AvgIpc) is 2.12. The van der Waals surface area contributed by atoms with E-state index in [4.69, 9.17) is 10.5 Å². The lowest BCUT2D eigenvalue weighted by molar-refractivity contribution is 0.168. The van der Waals surface area contributed by atoms with Crippen molar-refractivity contribution in [2.75, 3.05) is 17.7 Å². The molecule has 1 rings (SSSR count). The molecule has 0 radical (unpaired) electrons. The van der Waals surface area contributed by atoms with Crippen LogP contribution in [0.25, 0.3) is 0 Å². The maximum absolute atomic E-state index is 11.0. The van der Waals surface area contributed by atoms with E-state index in [0.717, 1.165) is 4.47 Å². The van der Waals surface area contributed by atoms with E-state index in [9.17, 15) is 4.79 Å². The number of aromatic nitrogens is 1. The molecule has 0 aliphatic heterocycles. The number of hydrogen-bond acceptors (Lipinski definition) is 4. The van der Waals surface area contributed by atoms with E-state index in [1.54, 1.807) is 19.2 Å². The highest BCUT2D eigenvalue weighted by atomic mass is 79.9. The fourth-order valence-corrected chi connectivity index (χ4v) is 1.16. The van der Waals surface area contributed by atoms with Crippen molar-refractivity contribution >= 4 is 33.5 Å². The summed E-state index contributed by atoms with van der Waals surface area (Å²) in [6, 6.07) is 1.65. The Morgan fingerprint density at radius 1 is 1.79 bits per heavy atom. The number of ether oxygens (including phenoxy) is 1. The molecule has 0 aliphatic rings. The van der Waals surface area contributed by atoms with Crippen LogP contribution in [0.2, 0.25) is 0 Å². The predicted octanol–water partition coefficient (Wildman–Crippen LogP) is 1.99. The number of carbonyl (C=O) groups excluding carboxylic acids is 1. The first kappa shape index (κ1) is 10.8. The summed E-state index contributed by atoms with van der Waals surface area (Å²) in [5.74, 6) is 0.251. The Morgan fingerprint density at radius 3 is 3.14 bits per heavy atom. The molecule has 0 unspecified atom stereocenters. The van der Waals surface area contributed by atoms with Crippen molar-refractivity contribution in [2.24, 2.45) is 0 Å². The topological polar surface area (TPSA) is 77.2 Å². The minimum atomic E-state index is -0.542. The van der Waals surface area contributed by atoms with Crippen molar-refractivity contribution in [1.29, 1.82) is 0 Å². The molecule has 14 heavy (non-hydrogen) atoms. The minimum absolute atomic E-state index is 0.251. The van der Waals surface area contributed by atoms with Crippen LogP contribution < -0.4 is 11.1 Å². The van der Waals surface area contributed by atoms with Crippen LogP contribution in [0, 0.1) is 0 Å². The zero-order valence-corrected chi connectivity index (χ0v) is 9.17. The zero-order chi connectivity index (χ0) is 10.6. The second-order valence-electron chi connectivity index (χ2n) is 2.43. The molecule has 0 fully saturated rings. The Hall–Kier alpha value is -1.30. The van der Waals surface area contributed by atoms with Crippen molar-refractivity contribution in [2.45, 2.75) is 6.92 Å². The summed E-state index contributed by atoms with van der Waals surface area (Å²) in [7, 11) is 0. The van der Waals surface area contributed by atoms with E-state index in [1.807, 2.05) is 0 Å². The third kappa shape index (κ3) is 2.88. The average molecular weight is 260 g/mol. The number of amides is 1. The SMILES string of the molecule is CCOC(=O)Nc1cc(Br)cnc1N. The van der Waals surface area contributed by atoms with Crippen LogP contribution in [-0.2, 0) is 4.74 Å². The van der Waals surface area contributed by atoms with Crippen LogP contribution in [0.4, 0.5) is 16.3 Å². The van der Waals surface area contributed by atoms with Crippen LogP contribution in [0.15, 0.2) is 16.7 Å². The molecule has 1 aromatic heterocycles. The van der Waals surface area contributed by atoms with Gasteiger partial charge in [-0.25, -0.2) is 9.78 Å². The number of carbonyl (C=O) groups is 1. The van der Waals surface area contributed by atoms with Gasteiger partial charge in [0.05, 0.1) is 12.3 Å². The van der Waals surface area contributed by atoms with E-state index in [1.165, 1.54) is 0 Å². The summed E-state index contributed by atoms with van der Waals surface area (Å²) in [6.07, 6.45) is 1.00. The Bertz CT molecular complexity index is 343. The van der Waals surface area contributed by atoms with Gasteiger partial charge in [0.2, 0.25) is 0 Å². The molecule has 0 spiro atoms. The number of nitrogens with two attached hydrogens (primary N) is 1. The lowest BCUT2D eigenvalue weighted by Gasteiger charge is -2.07. The standard InChI is InChI=1S/C8H10BrN3O2/c1-2-14-8(13)12-6-3-5(9)4-11-7(6)10/h3-4H,2H2,1H3,(H2,10,11)(H,12,13). The molecule has 1 amide bonds.